The summed E-state index contributed by atoms with van der Waals surface area (Å²) in [5.74, 6) is 1.57. The summed E-state index contributed by atoms with van der Waals surface area (Å²) in [4.78, 5) is 21.4. The molecule has 1 saturated heterocycles. The van der Waals surface area contributed by atoms with E-state index in [1.54, 1.807) is 11.3 Å². The molecule has 1 amide bonds. The monoisotopic (exact) mass is 411 g/mol. The van der Waals surface area contributed by atoms with Crippen LogP contribution in [0.1, 0.15) is 12.5 Å². The Hall–Kier alpha value is -2.80. The van der Waals surface area contributed by atoms with Crippen LogP contribution in [-0.2, 0) is 4.79 Å². The molecule has 2 aromatic carbocycles. The second-order valence-corrected chi connectivity index (χ2v) is 8.01. The maximum Gasteiger partial charge on any atom is 0.260 e. The highest BCUT2D eigenvalue weighted by Crippen LogP contribution is 2.34. The van der Waals surface area contributed by atoms with Gasteiger partial charge in [0.1, 0.15) is 17.0 Å². The van der Waals surface area contributed by atoms with E-state index >= 15 is 0 Å². The number of rotatable bonds is 6. The van der Waals surface area contributed by atoms with Crippen LogP contribution in [0.5, 0.6) is 11.5 Å². The first-order chi connectivity index (χ1) is 14.1. The third kappa shape index (κ3) is 4.45. The van der Waals surface area contributed by atoms with Crippen molar-refractivity contribution in [3.63, 3.8) is 0 Å². The molecule has 0 aliphatic carbocycles. The fourth-order valence-corrected chi connectivity index (χ4v) is 4.37. The topological polar surface area (TPSA) is 54.9 Å². The van der Waals surface area contributed by atoms with E-state index in [0.717, 1.165) is 39.9 Å². The second kappa shape index (κ2) is 8.69. The summed E-state index contributed by atoms with van der Waals surface area (Å²) < 4.78 is 12.5. The Kier molecular flexibility index (Phi) is 5.85. The lowest BCUT2D eigenvalue weighted by Gasteiger charge is -2.34. The van der Waals surface area contributed by atoms with Gasteiger partial charge in [-0.2, -0.15) is 0 Å². The van der Waals surface area contributed by atoms with E-state index in [1.807, 2.05) is 55.1 Å². The predicted molar refractivity (Wildman–Crippen MR) is 116 cm³/mol. The summed E-state index contributed by atoms with van der Waals surface area (Å²) in [6.45, 7) is 7.57. The number of amides is 1. The molecule has 0 radical (unpaired) electrons. The summed E-state index contributed by atoms with van der Waals surface area (Å²) >= 11 is 1.67. The van der Waals surface area contributed by atoms with Gasteiger partial charge in [-0.3, -0.25) is 4.79 Å². The van der Waals surface area contributed by atoms with Crippen molar-refractivity contribution >= 4 is 32.6 Å². The van der Waals surface area contributed by atoms with Crippen molar-refractivity contribution < 1.29 is 14.3 Å². The highest BCUT2D eigenvalue weighted by molar-refractivity contribution is 7.22. The molecule has 1 aliphatic heterocycles. The maximum absolute atomic E-state index is 12.5. The largest absolute Gasteiger partial charge is 0.492 e. The molecule has 0 saturated carbocycles. The van der Waals surface area contributed by atoms with Gasteiger partial charge in [-0.15, -0.1) is 0 Å². The number of ether oxygens (including phenoxy) is 2. The van der Waals surface area contributed by atoms with Crippen molar-refractivity contribution in [1.82, 2.24) is 9.88 Å². The van der Waals surface area contributed by atoms with Crippen LogP contribution in [0.4, 0.5) is 5.13 Å². The lowest BCUT2D eigenvalue weighted by atomic mass is 10.2. The molecule has 1 aromatic heterocycles. The van der Waals surface area contributed by atoms with Crippen LogP contribution in [-0.4, -0.2) is 55.2 Å². The third-order valence-electron chi connectivity index (χ3n) is 4.96. The van der Waals surface area contributed by atoms with E-state index < -0.39 is 0 Å². The zero-order chi connectivity index (χ0) is 20.2. The molecular formula is C22H25N3O3S. The zero-order valence-electron chi connectivity index (χ0n) is 16.8. The third-order valence-corrected chi connectivity index (χ3v) is 6.04. The van der Waals surface area contributed by atoms with Gasteiger partial charge in [0.05, 0.1) is 11.3 Å². The molecule has 7 heteroatoms. The van der Waals surface area contributed by atoms with E-state index in [2.05, 4.69) is 11.0 Å². The van der Waals surface area contributed by atoms with E-state index in [1.165, 1.54) is 5.56 Å². The number of hydrogen-bond donors (Lipinski definition) is 0. The minimum atomic E-state index is 0.0214. The van der Waals surface area contributed by atoms with E-state index in [9.17, 15) is 4.79 Å². The highest BCUT2D eigenvalue weighted by Gasteiger charge is 2.24. The predicted octanol–water partition coefficient (Wildman–Crippen LogP) is 3.73. The van der Waals surface area contributed by atoms with Gasteiger partial charge in [0.15, 0.2) is 11.7 Å². The molecule has 152 valence electrons. The summed E-state index contributed by atoms with van der Waals surface area (Å²) in [6.07, 6.45) is 0. The number of fused-ring (bicyclic) bond motifs is 1. The van der Waals surface area contributed by atoms with Gasteiger partial charge in [-0.1, -0.05) is 35.1 Å². The number of hydrogen-bond acceptors (Lipinski definition) is 6. The highest BCUT2D eigenvalue weighted by atomic mass is 32.1. The van der Waals surface area contributed by atoms with Gasteiger partial charge in [-0.05, 0) is 38.1 Å². The van der Waals surface area contributed by atoms with Crippen LogP contribution < -0.4 is 14.4 Å². The molecule has 29 heavy (non-hydrogen) atoms. The molecular weight excluding hydrogens is 386 g/mol. The number of benzene rings is 2. The van der Waals surface area contributed by atoms with Gasteiger partial charge in [0, 0.05) is 26.2 Å². The molecule has 1 aliphatic rings. The molecule has 3 aromatic rings. The smallest absolute Gasteiger partial charge is 0.260 e. The molecule has 4 rings (SSSR count). The normalized spacial score (nSPS) is 14.3. The van der Waals surface area contributed by atoms with Gasteiger partial charge < -0.3 is 19.3 Å². The number of aromatic nitrogens is 1. The Morgan fingerprint density at radius 2 is 1.83 bits per heavy atom. The SMILES string of the molecule is CCOc1cccc2sc(N3CCN(C(=O)COc4ccc(C)cc4)CC3)nc12. The van der Waals surface area contributed by atoms with Crippen molar-refractivity contribution in [3.05, 3.63) is 48.0 Å². The average Bonchev–Trinajstić information content (AvgIpc) is 3.19. The molecule has 0 bridgehead atoms. The van der Waals surface area contributed by atoms with Crippen molar-refractivity contribution in [3.8, 4) is 11.5 Å². The molecule has 0 atom stereocenters. The van der Waals surface area contributed by atoms with Crippen LogP contribution in [0.15, 0.2) is 42.5 Å². The second-order valence-electron chi connectivity index (χ2n) is 7.00. The van der Waals surface area contributed by atoms with Gasteiger partial charge in [-0.25, -0.2) is 4.98 Å². The summed E-state index contributed by atoms with van der Waals surface area (Å²) in [6, 6.07) is 13.8. The van der Waals surface area contributed by atoms with Crippen LogP contribution in [0.25, 0.3) is 10.2 Å². The first-order valence-electron chi connectivity index (χ1n) is 9.88. The zero-order valence-corrected chi connectivity index (χ0v) is 17.6. The molecule has 2 heterocycles. The Morgan fingerprint density at radius 1 is 1.07 bits per heavy atom. The maximum atomic E-state index is 12.5. The average molecular weight is 412 g/mol. The molecule has 6 nitrogen and oxygen atoms in total. The van der Waals surface area contributed by atoms with Crippen LogP contribution in [0, 0.1) is 6.92 Å². The molecule has 0 N–H and O–H groups in total. The summed E-state index contributed by atoms with van der Waals surface area (Å²) in [5.41, 5.74) is 2.09. The number of para-hydroxylation sites is 1. The number of aryl methyl sites for hydroxylation is 1. The lowest BCUT2D eigenvalue weighted by Crippen LogP contribution is -2.50. The number of thiazole rings is 1. The number of carbonyl (C=O) groups is 1. The molecule has 0 spiro atoms. The van der Waals surface area contributed by atoms with Gasteiger partial charge in [0.2, 0.25) is 0 Å². The Bertz CT molecular complexity index is 979. The van der Waals surface area contributed by atoms with Crippen molar-refractivity contribution in [2.24, 2.45) is 0 Å². The minimum Gasteiger partial charge on any atom is -0.492 e. The number of nitrogens with zero attached hydrogens (tertiary/aromatic N) is 3. The summed E-state index contributed by atoms with van der Waals surface area (Å²) in [7, 11) is 0. The number of piperazine rings is 1. The van der Waals surface area contributed by atoms with Crippen molar-refractivity contribution in [2.45, 2.75) is 13.8 Å². The van der Waals surface area contributed by atoms with E-state index in [4.69, 9.17) is 14.5 Å². The van der Waals surface area contributed by atoms with Crippen LogP contribution >= 0.6 is 11.3 Å². The Morgan fingerprint density at radius 3 is 2.55 bits per heavy atom. The fraction of sp³-hybridized carbons (Fsp3) is 0.364. The number of anilines is 1. The summed E-state index contributed by atoms with van der Waals surface area (Å²) in [5, 5.41) is 0.982. The Labute approximate surface area is 174 Å². The van der Waals surface area contributed by atoms with Crippen LogP contribution in [0.3, 0.4) is 0 Å². The lowest BCUT2D eigenvalue weighted by molar-refractivity contribution is -0.133. The fourth-order valence-electron chi connectivity index (χ4n) is 3.34. The van der Waals surface area contributed by atoms with Gasteiger partial charge >= 0.3 is 0 Å². The quantitative estimate of drug-likeness (QED) is 0.619. The van der Waals surface area contributed by atoms with Crippen molar-refractivity contribution in [2.75, 3.05) is 44.3 Å². The number of carbonyl (C=O) groups excluding carboxylic acids is 1. The first-order valence-corrected chi connectivity index (χ1v) is 10.7. The first kappa shape index (κ1) is 19.5. The van der Waals surface area contributed by atoms with Crippen molar-refractivity contribution in [1.29, 1.82) is 0 Å². The standard InChI is InChI=1S/C22H25N3O3S/c1-3-27-18-5-4-6-19-21(18)23-22(29-19)25-13-11-24(12-14-25)20(26)15-28-17-9-7-16(2)8-10-17/h4-10H,3,11-15H2,1-2H3. The van der Waals surface area contributed by atoms with Gasteiger partial charge in [0.25, 0.3) is 5.91 Å². The van der Waals surface area contributed by atoms with E-state index in [0.29, 0.717) is 19.7 Å². The Balaban J connectivity index is 1.34. The molecule has 1 fully saturated rings. The minimum absolute atomic E-state index is 0.0214. The molecule has 0 unspecified atom stereocenters. The van der Waals surface area contributed by atoms with E-state index in [-0.39, 0.29) is 12.5 Å². The van der Waals surface area contributed by atoms with Crippen LogP contribution in [0.2, 0.25) is 0 Å².